The predicted octanol–water partition coefficient (Wildman–Crippen LogP) is 2.19. The maximum absolute atomic E-state index is 12.0. The molecule has 1 atom stereocenters. The van der Waals surface area contributed by atoms with Gasteiger partial charge in [-0.2, -0.15) is 0 Å². The zero-order valence-electron chi connectivity index (χ0n) is 9.53. The van der Waals surface area contributed by atoms with Crippen LogP contribution in [-0.4, -0.2) is 25.5 Å². The van der Waals surface area contributed by atoms with Crippen molar-refractivity contribution in [1.82, 2.24) is 0 Å². The molecule has 1 unspecified atom stereocenters. The van der Waals surface area contributed by atoms with E-state index in [1.807, 2.05) is 31.2 Å². The fourth-order valence-electron chi connectivity index (χ4n) is 2.11. The molecule has 3 nitrogen and oxygen atoms in total. The van der Waals surface area contributed by atoms with Gasteiger partial charge in [0.1, 0.15) is 6.61 Å². The van der Waals surface area contributed by atoms with Gasteiger partial charge in [-0.1, -0.05) is 18.2 Å². The Balaban J connectivity index is 2.15. The van der Waals surface area contributed by atoms with Crippen molar-refractivity contribution in [3.63, 3.8) is 0 Å². The fourth-order valence-corrected chi connectivity index (χ4v) is 2.11. The van der Waals surface area contributed by atoms with Crippen LogP contribution in [0.3, 0.4) is 0 Å². The highest BCUT2D eigenvalue weighted by Gasteiger charge is 2.25. The van der Waals surface area contributed by atoms with Gasteiger partial charge in [0.2, 0.25) is 0 Å². The Labute approximate surface area is 95.8 Å². The molecule has 1 aliphatic rings. The Bertz CT molecular complexity index is 376. The third-order valence-corrected chi connectivity index (χ3v) is 2.92. The van der Waals surface area contributed by atoms with E-state index in [2.05, 4.69) is 5.32 Å². The number of ether oxygens (including phenoxy) is 1. The second-order valence-electron chi connectivity index (χ2n) is 3.96. The van der Waals surface area contributed by atoms with Gasteiger partial charge in [-0.05, 0) is 25.0 Å². The van der Waals surface area contributed by atoms with Crippen LogP contribution in [0.15, 0.2) is 24.3 Å². The maximum atomic E-state index is 12.0. The minimum absolute atomic E-state index is 0.00370. The number of hydrogen-bond acceptors (Lipinski definition) is 3. The lowest BCUT2D eigenvalue weighted by Crippen LogP contribution is -2.25. The molecule has 0 saturated heterocycles. The molecule has 0 spiro atoms. The fraction of sp³-hybridized carbons (Fsp3) is 0.462. The molecule has 0 amide bonds. The molecule has 86 valence electrons. The largest absolute Gasteiger partial charge is 0.385 e. The smallest absolute Gasteiger partial charge is 0.166 e. The van der Waals surface area contributed by atoms with Crippen LogP contribution in [0.2, 0.25) is 0 Å². The van der Waals surface area contributed by atoms with Crippen molar-refractivity contribution in [1.29, 1.82) is 0 Å². The van der Waals surface area contributed by atoms with Crippen LogP contribution < -0.4 is 5.32 Å². The van der Waals surface area contributed by atoms with E-state index in [-0.39, 0.29) is 18.3 Å². The van der Waals surface area contributed by atoms with E-state index in [1.54, 1.807) is 0 Å². The summed E-state index contributed by atoms with van der Waals surface area (Å²) >= 11 is 0. The number of fused-ring (bicyclic) bond motifs is 1. The SMILES string of the molecule is CCOCC(=O)C1CCNc2ccccc21. The first kappa shape index (κ1) is 11.1. The van der Waals surface area contributed by atoms with E-state index >= 15 is 0 Å². The zero-order chi connectivity index (χ0) is 11.4. The molecule has 0 fully saturated rings. The summed E-state index contributed by atoms with van der Waals surface area (Å²) in [7, 11) is 0. The molecule has 0 aliphatic carbocycles. The van der Waals surface area contributed by atoms with Crippen molar-refractivity contribution in [2.45, 2.75) is 19.3 Å². The van der Waals surface area contributed by atoms with E-state index in [0.717, 1.165) is 24.2 Å². The number of ketones is 1. The van der Waals surface area contributed by atoms with Gasteiger partial charge in [-0.3, -0.25) is 4.79 Å². The Morgan fingerprint density at radius 1 is 1.50 bits per heavy atom. The number of carbonyl (C=O) groups excluding carboxylic acids is 1. The molecule has 1 heterocycles. The summed E-state index contributed by atoms with van der Waals surface area (Å²) in [5.74, 6) is 0.194. The van der Waals surface area contributed by atoms with Gasteiger partial charge in [-0.15, -0.1) is 0 Å². The summed E-state index contributed by atoms with van der Waals surface area (Å²) in [4.78, 5) is 12.0. The second kappa shape index (κ2) is 5.12. The molecule has 1 aromatic rings. The number of benzene rings is 1. The quantitative estimate of drug-likeness (QED) is 0.843. The van der Waals surface area contributed by atoms with E-state index in [0.29, 0.717) is 6.61 Å². The average molecular weight is 219 g/mol. The number of anilines is 1. The molecule has 1 aromatic carbocycles. The van der Waals surface area contributed by atoms with Crippen molar-refractivity contribution >= 4 is 11.5 Å². The van der Waals surface area contributed by atoms with Gasteiger partial charge in [0.05, 0.1) is 0 Å². The number of hydrogen-bond donors (Lipinski definition) is 1. The highest BCUT2D eigenvalue weighted by atomic mass is 16.5. The topological polar surface area (TPSA) is 38.3 Å². The summed E-state index contributed by atoms with van der Waals surface area (Å²) in [6, 6.07) is 8.01. The normalized spacial score (nSPS) is 18.7. The van der Waals surface area contributed by atoms with E-state index in [1.165, 1.54) is 0 Å². The number of Topliss-reactive ketones (excluding diaryl/α,β-unsaturated/α-hetero) is 1. The Morgan fingerprint density at radius 2 is 2.31 bits per heavy atom. The number of nitrogens with one attached hydrogen (secondary N) is 1. The average Bonchev–Trinajstić information content (AvgIpc) is 2.35. The van der Waals surface area contributed by atoms with Crippen LogP contribution in [0.25, 0.3) is 0 Å². The summed E-state index contributed by atoms with van der Waals surface area (Å²) in [5.41, 5.74) is 2.20. The van der Waals surface area contributed by atoms with Gasteiger partial charge in [0.25, 0.3) is 0 Å². The third-order valence-electron chi connectivity index (χ3n) is 2.92. The number of carbonyl (C=O) groups is 1. The van der Waals surface area contributed by atoms with Crippen molar-refractivity contribution in [2.24, 2.45) is 0 Å². The number of rotatable bonds is 4. The molecular weight excluding hydrogens is 202 g/mol. The lowest BCUT2D eigenvalue weighted by atomic mass is 9.88. The van der Waals surface area contributed by atoms with Crippen LogP contribution >= 0.6 is 0 Å². The van der Waals surface area contributed by atoms with Crippen molar-refractivity contribution < 1.29 is 9.53 Å². The lowest BCUT2D eigenvalue weighted by Gasteiger charge is -2.25. The third kappa shape index (κ3) is 2.25. The van der Waals surface area contributed by atoms with Crippen LogP contribution in [0, 0.1) is 0 Å². The second-order valence-corrected chi connectivity index (χ2v) is 3.96. The Morgan fingerprint density at radius 3 is 3.12 bits per heavy atom. The Hall–Kier alpha value is -1.35. The molecule has 1 aliphatic heterocycles. The minimum Gasteiger partial charge on any atom is -0.385 e. The highest BCUT2D eigenvalue weighted by Crippen LogP contribution is 2.31. The first-order valence-corrected chi connectivity index (χ1v) is 5.76. The van der Waals surface area contributed by atoms with Gasteiger partial charge in [0, 0.05) is 24.8 Å². The van der Waals surface area contributed by atoms with E-state index in [9.17, 15) is 4.79 Å². The van der Waals surface area contributed by atoms with Crippen LogP contribution in [0.5, 0.6) is 0 Å². The molecule has 0 aromatic heterocycles. The molecule has 0 radical (unpaired) electrons. The summed E-state index contributed by atoms with van der Waals surface area (Å²) in [6.07, 6.45) is 0.864. The Kier molecular flexibility index (Phi) is 3.57. The molecule has 0 saturated carbocycles. The van der Waals surface area contributed by atoms with Crippen molar-refractivity contribution in [3.8, 4) is 0 Å². The molecule has 1 N–H and O–H groups in total. The highest BCUT2D eigenvalue weighted by molar-refractivity contribution is 5.89. The molecular formula is C13H17NO2. The summed E-state index contributed by atoms with van der Waals surface area (Å²) < 4.78 is 5.19. The van der Waals surface area contributed by atoms with Gasteiger partial charge >= 0.3 is 0 Å². The zero-order valence-corrected chi connectivity index (χ0v) is 9.53. The summed E-state index contributed by atoms with van der Waals surface area (Å²) in [6.45, 7) is 3.59. The van der Waals surface area contributed by atoms with Crippen LogP contribution in [0.4, 0.5) is 5.69 Å². The predicted molar refractivity (Wildman–Crippen MR) is 63.8 cm³/mol. The van der Waals surface area contributed by atoms with E-state index in [4.69, 9.17) is 4.74 Å². The monoisotopic (exact) mass is 219 g/mol. The van der Waals surface area contributed by atoms with Gasteiger partial charge in [0.15, 0.2) is 5.78 Å². The van der Waals surface area contributed by atoms with Gasteiger partial charge in [-0.25, -0.2) is 0 Å². The summed E-state index contributed by atoms with van der Waals surface area (Å²) in [5, 5.41) is 3.31. The van der Waals surface area contributed by atoms with Crippen LogP contribution in [0.1, 0.15) is 24.8 Å². The first-order valence-electron chi connectivity index (χ1n) is 5.76. The standard InChI is InChI=1S/C13H17NO2/c1-2-16-9-13(15)11-7-8-14-12-6-4-3-5-10(11)12/h3-6,11,14H,2,7-9H2,1H3. The van der Waals surface area contributed by atoms with Crippen LogP contribution in [-0.2, 0) is 9.53 Å². The van der Waals surface area contributed by atoms with Crippen molar-refractivity contribution in [3.05, 3.63) is 29.8 Å². The molecule has 3 heteroatoms. The number of para-hydroxylation sites is 1. The van der Waals surface area contributed by atoms with E-state index < -0.39 is 0 Å². The molecule has 2 rings (SSSR count). The first-order chi connectivity index (χ1) is 7.83. The maximum Gasteiger partial charge on any atom is 0.166 e. The van der Waals surface area contributed by atoms with Crippen molar-refractivity contribution in [2.75, 3.05) is 25.1 Å². The molecule has 16 heavy (non-hydrogen) atoms. The lowest BCUT2D eigenvalue weighted by molar-refractivity contribution is -0.125. The minimum atomic E-state index is 0.00370. The van der Waals surface area contributed by atoms with Gasteiger partial charge < -0.3 is 10.1 Å². The molecule has 0 bridgehead atoms.